The highest BCUT2D eigenvalue weighted by atomic mass is 32.2. The molecule has 1 aromatic rings. The average molecular weight is 260 g/mol. The van der Waals surface area contributed by atoms with E-state index in [9.17, 15) is 12.8 Å². The van der Waals surface area contributed by atoms with Gasteiger partial charge in [0.1, 0.15) is 5.82 Å². The van der Waals surface area contributed by atoms with Crippen LogP contribution in [-0.2, 0) is 16.4 Å². The zero-order chi connectivity index (χ0) is 13.1. The van der Waals surface area contributed by atoms with E-state index in [1.807, 2.05) is 6.92 Å². The molecule has 96 valence electrons. The average Bonchev–Trinajstić information content (AvgIpc) is 2.20. The summed E-state index contributed by atoms with van der Waals surface area (Å²) in [5, 5.41) is 4.91. The fourth-order valence-electron chi connectivity index (χ4n) is 1.63. The van der Waals surface area contributed by atoms with Gasteiger partial charge in [-0.1, -0.05) is 19.4 Å². The first-order chi connectivity index (χ1) is 7.84. The van der Waals surface area contributed by atoms with E-state index in [1.54, 1.807) is 0 Å². The van der Waals surface area contributed by atoms with Gasteiger partial charge in [0.05, 0.1) is 4.90 Å². The molecule has 0 saturated heterocycles. The van der Waals surface area contributed by atoms with Crippen molar-refractivity contribution in [1.29, 1.82) is 0 Å². The Morgan fingerprint density at radius 2 is 2.06 bits per heavy atom. The molecule has 0 radical (unpaired) electrons. The molecule has 0 aliphatic heterocycles. The van der Waals surface area contributed by atoms with E-state index in [0.717, 1.165) is 18.9 Å². The zero-order valence-corrected chi connectivity index (χ0v) is 10.5. The predicted molar refractivity (Wildman–Crippen MR) is 64.4 cm³/mol. The van der Waals surface area contributed by atoms with E-state index in [-0.39, 0.29) is 10.9 Å². The Morgan fingerprint density at radius 1 is 1.41 bits per heavy atom. The number of sulfonamides is 1. The first-order valence-electron chi connectivity index (χ1n) is 5.41. The van der Waals surface area contributed by atoms with Crippen LogP contribution in [0, 0.1) is 5.82 Å². The molecule has 1 atom stereocenters. The van der Waals surface area contributed by atoms with Crippen LogP contribution in [0.4, 0.5) is 4.39 Å². The molecule has 1 aromatic carbocycles. The molecular weight excluding hydrogens is 243 g/mol. The van der Waals surface area contributed by atoms with Gasteiger partial charge < -0.3 is 5.73 Å². The summed E-state index contributed by atoms with van der Waals surface area (Å²) in [5.41, 5.74) is 6.21. The minimum Gasteiger partial charge on any atom is -0.327 e. The summed E-state index contributed by atoms with van der Waals surface area (Å²) in [6, 6.07) is 3.54. The number of primary sulfonamides is 1. The van der Waals surface area contributed by atoms with E-state index in [2.05, 4.69) is 0 Å². The Hall–Kier alpha value is -0.980. The Kier molecular flexibility index (Phi) is 4.62. The molecule has 0 heterocycles. The third-order valence-corrected chi connectivity index (χ3v) is 3.41. The Balaban J connectivity index is 2.91. The standard InChI is InChI=1S/C11H17FN2O2S/c1-2-3-9(13)6-8-4-5-10(7-11(8)12)17(14,15)16/h4-5,7,9H,2-3,6,13H2,1H3,(H2,14,15,16). The first-order valence-corrected chi connectivity index (χ1v) is 6.96. The highest BCUT2D eigenvalue weighted by Crippen LogP contribution is 2.15. The fraction of sp³-hybridized carbons (Fsp3) is 0.455. The summed E-state index contributed by atoms with van der Waals surface area (Å²) in [6.07, 6.45) is 2.12. The Bertz CT molecular complexity index is 488. The smallest absolute Gasteiger partial charge is 0.238 e. The quantitative estimate of drug-likeness (QED) is 0.832. The lowest BCUT2D eigenvalue weighted by atomic mass is 10.0. The van der Waals surface area contributed by atoms with Gasteiger partial charge in [-0.25, -0.2) is 17.9 Å². The molecule has 0 saturated carbocycles. The van der Waals surface area contributed by atoms with Gasteiger partial charge in [-0.15, -0.1) is 0 Å². The van der Waals surface area contributed by atoms with Gasteiger partial charge in [-0.05, 0) is 30.5 Å². The van der Waals surface area contributed by atoms with Crippen molar-refractivity contribution in [2.75, 3.05) is 0 Å². The van der Waals surface area contributed by atoms with Gasteiger partial charge in [-0.2, -0.15) is 0 Å². The number of nitrogens with two attached hydrogens (primary N) is 2. The minimum absolute atomic E-state index is 0.116. The molecular formula is C11H17FN2O2S. The van der Waals surface area contributed by atoms with Crippen LogP contribution in [0.2, 0.25) is 0 Å². The van der Waals surface area contributed by atoms with Gasteiger partial charge in [0.2, 0.25) is 10.0 Å². The first kappa shape index (κ1) is 14.1. The van der Waals surface area contributed by atoms with Crippen LogP contribution >= 0.6 is 0 Å². The molecule has 0 spiro atoms. The third-order valence-electron chi connectivity index (χ3n) is 2.49. The van der Waals surface area contributed by atoms with Crippen molar-refractivity contribution in [2.45, 2.75) is 37.1 Å². The van der Waals surface area contributed by atoms with E-state index in [0.29, 0.717) is 12.0 Å². The lowest BCUT2D eigenvalue weighted by Gasteiger charge is -2.11. The van der Waals surface area contributed by atoms with Gasteiger partial charge in [-0.3, -0.25) is 0 Å². The summed E-state index contributed by atoms with van der Waals surface area (Å²) in [5.74, 6) is -0.580. The topological polar surface area (TPSA) is 86.2 Å². The molecule has 6 heteroatoms. The molecule has 1 unspecified atom stereocenters. The molecule has 0 fully saturated rings. The lowest BCUT2D eigenvalue weighted by molar-refractivity contribution is 0.557. The Labute approximate surface area is 101 Å². The SMILES string of the molecule is CCCC(N)Cc1ccc(S(N)(=O)=O)cc1F. The maximum Gasteiger partial charge on any atom is 0.238 e. The largest absolute Gasteiger partial charge is 0.327 e. The van der Waals surface area contributed by atoms with Gasteiger partial charge >= 0.3 is 0 Å². The fourth-order valence-corrected chi connectivity index (χ4v) is 2.15. The van der Waals surface area contributed by atoms with E-state index >= 15 is 0 Å². The second-order valence-corrected chi connectivity index (χ2v) is 5.61. The van der Waals surface area contributed by atoms with Crippen molar-refractivity contribution in [3.63, 3.8) is 0 Å². The summed E-state index contributed by atoms with van der Waals surface area (Å²) in [4.78, 5) is -0.220. The molecule has 0 aliphatic carbocycles. The molecule has 17 heavy (non-hydrogen) atoms. The number of hydrogen-bond acceptors (Lipinski definition) is 3. The van der Waals surface area contributed by atoms with Crippen LogP contribution in [0.5, 0.6) is 0 Å². The molecule has 1 rings (SSSR count). The molecule has 4 nitrogen and oxygen atoms in total. The van der Waals surface area contributed by atoms with Crippen LogP contribution in [0.15, 0.2) is 23.1 Å². The number of rotatable bonds is 5. The van der Waals surface area contributed by atoms with E-state index < -0.39 is 15.8 Å². The molecule has 4 N–H and O–H groups in total. The lowest BCUT2D eigenvalue weighted by Crippen LogP contribution is -2.23. The van der Waals surface area contributed by atoms with Gasteiger partial charge in [0.15, 0.2) is 0 Å². The summed E-state index contributed by atoms with van der Waals surface area (Å²) in [7, 11) is -3.85. The predicted octanol–water partition coefficient (Wildman–Crippen LogP) is 1.14. The van der Waals surface area contributed by atoms with Crippen LogP contribution in [0.25, 0.3) is 0 Å². The summed E-state index contributed by atoms with van der Waals surface area (Å²) in [6.45, 7) is 2.00. The van der Waals surface area contributed by atoms with Crippen molar-refractivity contribution in [2.24, 2.45) is 10.9 Å². The maximum absolute atomic E-state index is 13.6. The number of halogens is 1. The normalized spacial score (nSPS) is 13.6. The molecule has 0 aromatic heterocycles. The van der Waals surface area contributed by atoms with Crippen LogP contribution < -0.4 is 10.9 Å². The molecule has 0 bridgehead atoms. The zero-order valence-electron chi connectivity index (χ0n) is 9.69. The number of benzene rings is 1. The molecule has 0 aliphatic rings. The van der Waals surface area contributed by atoms with Crippen molar-refractivity contribution in [3.8, 4) is 0 Å². The summed E-state index contributed by atoms with van der Waals surface area (Å²) < 4.78 is 35.6. The van der Waals surface area contributed by atoms with Gasteiger partial charge in [0.25, 0.3) is 0 Å². The Morgan fingerprint density at radius 3 is 2.53 bits per heavy atom. The van der Waals surface area contributed by atoms with Crippen LogP contribution in [-0.4, -0.2) is 14.5 Å². The van der Waals surface area contributed by atoms with Crippen molar-refractivity contribution >= 4 is 10.0 Å². The third kappa shape index (κ3) is 4.07. The second kappa shape index (κ2) is 5.57. The highest BCUT2D eigenvalue weighted by Gasteiger charge is 2.13. The second-order valence-electron chi connectivity index (χ2n) is 4.05. The van der Waals surface area contributed by atoms with Gasteiger partial charge in [0, 0.05) is 6.04 Å². The van der Waals surface area contributed by atoms with E-state index in [1.165, 1.54) is 12.1 Å². The minimum atomic E-state index is -3.85. The van der Waals surface area contributed by atoms with Crippen molar-refractivity contribution in [3.05, 3.63) is 29.6 Å². The van der Waals surface area contributed by atoms with Crippen LogP contribution in [0.3, 0.4) is 0 Å². The maximum atomic E-state index is 13.6. The monoisotopic (exact) mass is 260 g/mol. The number of hydrogen-bond donors (Lipinski definition) is 2. The summed E-state index contributed by atoms with van der Waals surface area (Å²) >= 11 is 0. The van der Waals surface area contributed by atoms with Crippen LogP contribution in [0.1, 0.15) is 25.3 Å². The van der Waals surface area contributed by atoms with E-state index in [4.69, 9.17) is 10.9 Å². The highest BCUT2D eigenvalue weighted by molar-refractivity contribution is 7.89. The molecule has 0 amide bonds. The van der Waals surface area contributed by atoms with Crippen molar-refractivity contribution < 1.29 is 12.8 Å². The van der Waals surface area contributed by atoms with Crippen molar-refractivity contribution in [1.82, 2.24) is 0 Å².